The molecule has 2 aromatic carbocycles. The van der Waals surface area contributed by atoms with E-state index in [4.69, 9.17) is 0 Å². The van der Waals surface area contributed by atoms with E-state index in [1.807, 2.05) is 36.4 Å². The Morgan fingerprint density at radius 1 is 1.21 bits per heavy atom. The normalized spacial score (nSPS) is 11.0. The van der Waals surface area contributed by atoms with Crippen molar-refractivity contribution in [3.05, 3.63) is 54.1 Å². The zero-order chi connectivity index (χ0) is 20.6. The van der Waals surface area contributed by atoms with Crippen molar-refractivity contribution < 1.29 is 9.90 Å². The van der Waals surface area contributed by atoms with Gasteiger partial charge in [-0.05, 0) is 31.2 Å². The van der Waals surface area contributed by atoms with Gasteiger partial charge in [0.25, 0.3) is 5.91 Å². The van der Waals surface area contributed by atoms with Crippen molar-refractivity contribution in [2.45, 2.75) is 20.4 Å². The number of phenolic OH excluding ortho intramolecular Hbond substituents is 1. The van der Waals surface area contributed by atoms with Crippen molar-refractivity contribution in [1.82, 2.24) is 25.6 Å². The van der Waals surface area contributed by atoms with Crippen LogP contribution in [0.3, 0.4) is 0 Å². The third-order valence-electron chi connectivity index (χ3n) is 4.31. The minimum atomic E-state index is -0.405. The SMILES string of the molecule is CCN(CC)c1ccc(/C=N\NC(=O)Cn2nnc(-c3ccccc3)n2)c(O)c1. The molecule has 150 valence electrons. The predicted molar refractivity (Wildman–Crippen MR) is 111 cm³/mol. The van der Waals surface area contributed by atoms with Crippen LogP contribution >= 0.6 is 0 Å². The summed E-state index contributed by atoms with van der Waals surface area (Å²) in [5.41, 5.74) is 4.65. The number of carbonyl (C=O) groups is 1. The molecule has 29 heavy (non-hydrogen) atoms. The van der Waals surface area contributed by atoms with Crippen LogP contribution in [-0.4, -0.2) is 50.5 Å². The van der Waals surface area contributed by atoms with Crippen LogP contribution in [0.25, 0.3) is 11.4 Å². The van der Waals surface area contributed by atoms with Gasteiger partial charge in [-0.15, -0.1) is 10.2 Å². The second kappa shape index (κ2) is 9.45. The largest absolute Gasteiger partial charge is 0.507 e. The summed E-state index contributed by atoms with van der Waals surface area (Å²) in [6.45, 7) is 5.68. The van der Waals surface area contributed by atoms with Gasteiger partial charge in [0.05, 0.1) is 6.21 Å². The number of aromatic hydroxyl groups is 1. The van der Waals surface area contributed by atoms with Gasteiger partial charge >= 0.3 is 0 Å². The number of anilines is 1. The van der Waals surface area contributed by atoms with Crippen molar-refractivity contribution in [1.29, 1.82) is 0 Å². The molecule has 3 rings (SSSR count). The Morgan fingerprint density at radius 3 is 2.66 bits per heavy atom. The molecule has 1 aromatic heterocycles. The van der Waals surface area contributed by atoms with Gasteiger partial charge in [-0.1, -0.05) is 30.3 Å². The number of phenols is 1. The summed E-state index contributed by atoms with van der Waals surface area (Å²) in [6, 6.07) is 14.7. The molecule has 0 aliphatic rings. The number of nitrogens with zero attached hydrogens (tertiary/aromatic N) is 6. The zero-order valence-electron chi connectivity index (χ0n) is 16.4. The summed E-state index contributed by atoms with van der Waals surface area (Å²) in [5.74, 6) is 0.135. The highest BCUT2D eigenvalue weighted by atomic mass is 16.3. The molecule has 0 saturated carbocycles. The first-order valence-electron chi connectivity index (χ1n) is 9.33. The van der Waals surface area contributed by atoms with Crippen LogP contribution in [0, 0.1) is 0 Å². The van der Waals surface area contributed by atoms with E-state index < -0.39 is 5.91 Å². The Bertz CT molecular complexity index is 982. The van der Waals surface area contributed by atoms with E-state index in [-0.39, 0.29) is 12.3 Å². The van der Waals surface area contributed by atoms with Crippen LogP contribution in [0.15, 0.2) is 53.6 Å². The number of tetrazole rings is 1. The van der Waals surface area contributed by atoms with Gasteiger partial charge in [0.2, 0.25) is 5.82 Å². The van der Waals surface area contributed by atoms with Crippen molar-refractivity contribution in [3.8, 4) is 17.1 Å². The van der Waals surface area contributed by atoms with Gasteiger partial charge in [0.1, 0.15) is 12.3 Å². The van der Waals surface area contributed by atoms with Gasteiger partial charge in [-0.2, -0.15) is 9.90 Å². The fraction of sp³-hybridized carbons (Fsp3) is 0.250. The van der Waals surface area contributed by atoms with Crippen molar-refractivity contribution in [3.63, 3.8) is 0 Å². The second-order valence-corrected chi connectivity index (χ2v) is 6.22. The lowest BCUT2D eigenvalue weighted by molar-refractivity contribution is -0.122. The molecule has 0 unspecified atom stereocenters. The standard InChI is InChI=1S/C20H23N7O2/c1-3-26(4-2)17-11-10-16(18(28)12-17)13-21-22-19(29)14-27-24-20(23-25-27)15-8-6-5-7-9-15/h5-13,28H,3-4,14H2,1-2H3,(H,22,29)/b21-13-. The predicted octanol–water partition coefficient (Wildman–Crippen LogP) is 2.04. The number of hydrogen-bond acceptors (Lipinski definition) is 7. The fourth-order valence-corrected chi connectivity index (χ4v) is 2.78. The van der Waals surface area contributed by atoms with Gasteiger partial charge in [-0.3, -0.25) is 4.79 Å². The quantitative estimate of drug-likeness (QED) is 0.448. The maximum atomic E-state index is 12.0. The Labute approximate surface area is 168 Å². The fourth-order valence-electron chi connectivity index (χ4n) is 2.78. The molecule has 0 aliphatic carbocycles. The monoisotopic (exact) mass is 393 g/mol. The number of aromatic nitrogens is 4. The third kappa shape index (κ3) is 5.16. The summed E-state index contributed by atoms with van der Waals surface area (Å²) in [4.78, 5) is 15.4. The van der Waals surface area contributed by atoms with Crippen LogP contribution in [0.1, 0.15) is 19.4 Å². The van der Waals surface area contributed by atoms with Gasteiger partial charge in [0.15, 0.2) is 0 Å². The lowest BCUT2D eigenvalue weighted by Crippen LogP contribution is -2.24. The highest BCUT2D eigenvalue weighted by Crippen LogP contribution is 2.23. The Morgan fingerprint density at radius 2 is 1.97 bits per heavy atom. The first kappa shape index (κ1) is 20.0. The van der Waals surface area contributed by atoms with Gasteiger partial charge < -0.3 is 10.0 Å². The first-order valence-corrected chi connectivity index (χ1v) is 9.33. The smallest absolute Gasteiger partial charge is 0.263 e. The van der Waals surface area contributed by atoms with E-state index in [0.717, 1.165) is 24.3 Å². The molecule has 0 radical (unpaired) electrons. The van der Waals surface area contributed by atoms with Crippen LogP contribution in [-0.2, 0) is 11.3 Å². The van der Waals surface area contributed by atoms with E-state index >= 15 is 0 Å². The van der Waals surface area contributed by atoms with Crippen LogP contribution in [0.2, 0.25) is 0 Å². The van der Waals surface area contributed by atoms with E-state index in [2.05, 4.69) is 44.7 Å². The molecule has 0 bridgehead atoms. The Balaban J connectivity index is 1.57. The summed E-state index contributed by atoms with van der Waals surface area (Å²) in [5, 5.41) is 26.1. The number of amides is 1. The maximum absolute atomic E-state index is 12.0. The molecule has 9 nitrogen and oxygen atoms in total. The number of rotatable bonds is 8. The van der Waals surface area contributed by atoms with Crippen LogP contribution in [0.5, 0.6) is 5.75 Å². The highest BCUT2D eigenvalue weighted by Gasteiger charge is 2.09. The van der Waals surface area contributed by atoms with E-state index in [0.29, 0.717) is 11.4 Å². The molecule has 1 heterocycles. The molecular weight excluding hydrogens is 370 g/mol. The summed E-state index contributed by atoms with van der Waals surface area (Å²) in [6.07, 6.45) is 1.39. The molecule has 0 spiro atoms. The minimum Gasteiger partial charge on any atom is -0.507 e. The minimum absolute atomic E-state index is 0.0952. The van der Waals surface area contributed by atoms with Gasteiger partial charge in [0, 0.05) is 36.0 Å². The highest BCUT2D eigenvalue weighted by molar-refractivity contribution is 5.86. The number of benzene rings is 2. The van der Waals surface area contributed by atoms with Crippen molar-refractivity contribution in [2.24, 2.45) is 5.10 Å². The number of carbonyl (C=O) groups excluding carboxylic acids is 1. The molecule has 2 N–H and O–H groups in total. The summed E-state index contributed by atoms with van der Waals surface area (Å²) < 4.78 is 0. The molecule has 0 fully saturated rings. The van der Waals surface area contributed by atoms with Crippen molar-refractivity contribution >= 4 is 17.8 Å². The van der Waals surface area contributed by atoms with Crippen molar-refractivity contribution in [2.75, 3.05) is 18.0 Å². The van der Waals surface area contributed by atoms with Crippen LogP contribution in [0.4, 0.5) is 5.69 Å². The zero-order valence-corrected chi connectivity index (χ0v) is 16.4. The lowest BCUT2D eigenvalue weighted by atomic mass is 10.2. The van der Waals surface area contributed by atoms with E-state index in [1.54, 1.807) is 12.1 Å². The lowest BCUT2D eigenvalue weighted by Gasteiger charge is -2.21. The van der Waals surface area contributed by atoms with Gasteiger partial charge in [-0.25, -0.2) is 5.43 Å². The average molecular weight is 393 g/mol. The number of hydrazone groups is 1. The average Bonchev–Trinajstić information content (AvgIpc) is 3.19. The molecule has 3 aromatic rings. The summed E-state index contributed by atoms with van der Waals surface area (Å²) >= 11 is 0. The summed E-state index contributed by atoms with van der Waals surface area (Å²) in [7, 11) is 0. The number of hydrogen-bond donors (Lipinski definition) is 2. The molecule has 0 aliphatic heterocycles. The molecule has 1 amide bonds. The van der Waals surface area contributed by atoms with Crippen LogP contribution < -0.4 is 10.3 Å². The molecular formula is C20H23N7O2. The number of nitrogens with one attached hydrogen (secondary N) is 1. The van der Waals surface area contributed by atoms with E-state index in [1.165, 1.54) is 11.0 Å². The Kier molecular flexibility index (Phi) is 6.51. The molecule has 9 heteroatoms. The second-order valence-electron chi connectivity index (χ2n) is 6.22. The molecule has 0 atom stereocenters. The first-order chi connectivity index (χ1) is 14.1. The maximum Gasteiger partial charge on any atom is 0.263 e. The topological polar surface area (TPSA) is 109 Å². The van der Waals surface area contributed by atoms with E-state index in [9.17, 15) is 9.90 Å². The molecule has 0 saturated heterocycles. The Hall–Kier alpha value is -3.75. The third-order valence-corrected chi connectivity index (χ3v) is 4.31.